The van der Waals surface area contributed by atoms with Gasteiger partial charge in [-0.3, -0.25) is 9.59 Å². The van der Waals surface area contributed by atoms with Crippen LogP contribution in [-0.2, 0) is 41.4 Å². The molecule has 3 bridgehead atoms. The highest BCUT2D eigenvalue weighted by molar-refractivity contribution is 6.05. The summed E-state index contributed by atoms with van der Waals surface area (Å²) >= 11 is 0. The number of benzene rings is 2. The summed E-state index contributed by atoms with van der Waals surface area (Å²) in [5, 5.41) is 12.6. The molecule has 2 aromatic carbocycles. The van der Waals surface area contributed by atoms with E-state index in [1.165, 1.54) is 7.11 Å². The van der Waals surface area contributed by atoms with Crippen LogP contribution in [0.2, 0.25) is 0 Å². The van der Waals surface area contributed by atoms with Crippen LogP contribution < -0.4 is 9.47 Å². The molecule has 6 aliphatic rings. The molecule has 0 spiro atoms. The van der Waals surface area contributed by atoms with Crippen molar-refractivity contribution in [3.05, 3.63) is 95.1 Å². The van der Waals surface area contributed by atoms with Crippen molar-refractivity contribution in [1.82, 2.24) is 4.90 Å². The highest BCUT2D eigenvalue weighted by Crippen LogP contribution is 2.68. The minimum absolute atomic E-state index is 0.0324. The number of ether oxygens (including phenoxy) is 6. The van der Waals surface area contributed by atoms with Crippen LogP contribution in [0.3, 0.4) is 0 Å². The van der Waals surface area contributed by atoms with E-state index in [-0.39, 0.29) is 42.9 Å². The Bertz CT molecular complexity index is 2010. The second-order valence-electron chi connectivity index (χ2n) is 17.1. The number of hydrogen-bond acceptors (Lipinski definition) is 10. The molecule has 304 valence electrons. The molecule has 2 aromatic rings. The number of likely N-dealkylation sites (tertiary alicyclic amines) is 1. The second kappa shape index (κ2) is 14.8. The monoisotopic (exact) mass is 781 g/mol. The van der Waals surface area contributed by atoms with E-state index >= 15 is 0 Å². The van der Waals surface area contributed by atoms with Gasteiger partial charge in [-0.15, -0.1) is 0 Å². The number of ketones is 1. The average Bonchev–Trinajstić information content (AvgIpc) is 3.49. The van der Waals surface area contributed by atoms with Gasteiger partial charge in [0.15, 0.2) is 17.3 Å². The maximum Gasteiger partial charge on any atom is 0.415 e. The predicted molar refractivity (Wildman–Crippen MR) is 210 cm³/mol. The van der Waals surface area contributed by atoms with Crippen molar-refractivity contribution in [3.8, 4) is 11.5 Å². The number of piperidine rings is 1. The number of carbonyl (C=O) groups is 3. The first kappa shape index (κ1) is 39.5. The fraction of sp³-hybridized carbons (Fsp3) is 0.543. The minimum Gasteiger partial charge on any atom is -0.493 e. The second-order valence-corrected chi connectivity index (χ2v) is 17.1. The number of carbonyl (C=O) groups excluding carboxylic acids is 3. The van der Waals surface area contributed by atoms with Crippen LogP contribution in [0.15, 0.2) is 84.0 Å². The zero-order valence-corrected chi connectivity index (χ0v) is 33.7. The number of nitrogens with zero attached hydrogens (tertiary/aromatic N) is 1. The molecule has 8 rings (SSSR count). The highest BCUT2D eigenvalue weighted by Gasteiger charge is 2.79. The summed E-state index contributed by atoms with van der Waals surface area (Å²) in [6.07, 6.45) is 8.58. The molecular formula is C46H55NO10. The summed E-state index contributed by atoms with van der Waals surface area (Å²) in [5.74, 6) is -3.08. The Hall–Kier alpha value is -4.29. The lowest BCUT2D eigenvalue weighted by Crippen LogP contribution is -2.70. The first-order valence-corrected chi connectivity index (χ1v) is 20.5. The average molecular weight is 782 g/mol. The largest absolute Gasteiger partial charge is 0.493 e. The molecule has 3 saturated heterocycles. The van der Waals surface area contributed by atoms with Crippen molar-refractivity contribution >= 4 is 17.8 Å². The van der Waals surface area contributed by atoms with Gasteiger partial charge in [0.05, 0.1) is 25.6 Å². The quantitative estimate of drug-likeness (QED) is 0.185. The third-order valence-electron chi connectivity index (χ3n) is 13.4. The maximum atomic E-state index is 14.0. The van der Waals surface area contributed by atoms with Crippen LogP contribution >= 0.6 is 0 Å². The normalized spacial score (nSPS) is 35.1. The van der Waals surface area contributed by atoms with E-state index in [4.69, 9.17) is 28.4 Å². The predicted octanol–water partition coefficient (Wildman–Crippen LogP) is 7.19. The zero-order chi connectivity index (χ0) is 40.3. The lowest BCUT2D eigenvalue weighted by Gasteiger charge is -2.59. The van der Waals surface area contributed by atoms with E-state index in [1.807, 2.05) is 54.3 Å². The number of amides is 1. The lowest BCUT2D eigenvalue weighted by atomic mass is 9.55. The van der Waals surface area contributed by atoms with Gasteiger partial charge in [-0.2, -0.15) is 0 Å². The van der Waals surface area contributed by atoms with Gasteiger partial charge < -0.3 is 38.4 Å². The molecule has 1 unspecified atom stereocenters. The summed E-state index contributed by atoms with van der Waals surface area (Å²) in [6, 6.07) is 15.0. The van der Waals surface area contributed by atoms with Gasteiger partial charge in [0, 0.05) is 30.8 Å². The van der Waals surface area contributed by atoms with Crippen molar-refractivity contribution in [2.45, 2.75) is 120 Å². The first-order valence-electron chi connectivity index (χ1n) is 20.5. The van der Waals surface area contributed by atoms with Crippen LogP contribution in [0.4, 0.5) is 4.79 Å². The van der Waals surface area contributed by atoms with Crippen LogP contribution in [-0.4, -0.2) is 83.0 Å². The minimum atomic E-state index is -1.83. The number of fused-ring (bicyclic) bond motifs is 2. The molecule has 1 amide bonds. The van der Waals surface area contributed by atoms with Crippen molar-refractivity contribution in [2.75, 3.05) is 20.3 Å². The van der Waals surface area contributed by atoms with E-state index in [2.05, 4.69) is 20.4 Å². The van der Waals surface area contributed by atoms with Crippen LogP contribution in [0.25, 0.3) is 0 Å². The number of aliphatic hydroxyl groups is 1. The number of hydrogen-bond donors (Lipinski definition) is 1. The Morgan fingerprint density at radius 1 is 1.05 bits per heavy atom. The van der Waals surface area contributed by atoms with Crippen LogP contribution in [0.5, 0.6) is 11.5 Å². The summed E-state index contributed by atoms with van der Waals surface area (Å²) in [7, 11) is 1.49. The summed E-state index contributed by atoms with van der Waals surface area (Å²) < 4.78 is 38.3. The fourth-order valence-corrected chi connectivity index (χ4v) is 10.8. The molecule has 11 nitrogen and oxygen atoms in total. The third kappa shape index (κ3) is 6.55. The molecule has 3 aliphatic carbocycles. The van der Waals surface area contributed by atoms with Gasteiger partial charge in [-0.05, 0) is 91.8 Å². The summed E-state index contributed by atoms with van der Waals surface area (Å²) in [5.41, 5.74) is -0.339. The van der Waals surface area contributed by atoms with Gasteiger partial charge in [0.25, 0.3) is 5.97 Å². The van der Waals surface area contributed by atoms with Crippen molar-refractivity contribution in [1.29, 1.82) is 0 Å². The first-order chi connectivity index (χ1) is 27.3. The molecule has 11 heteroatoms. The van der Waals surface area contributed by atoms with Gasteiger partial charge in [0.1, 0.15) is 23.9 Å². The molecule has 0 aromatic heterocycles. The Morgan fingerprint density at radius 2 is 1.84 bits per heavy atom. The molecule has 3 aliphatic heterocycles. The van der Waals surface area contributed by atoms with E-state index in [0.717, 1.165) is 43.2 Å². The fourth-order valence-electron chi connectivity index (χ4n) is 10.8. The Labute approximate surface area is 335 Å². The Kier molecular flexibility index (Phi) is 10.3. The van der Waals surface area contributed by atoms with E-state index in [9.17, 15) is 19.5 Å². The van der Waals surface area contributed by atoms with E-state index < -0.39 is 52.8 Å². The topological polar surface area (TPSA) is 130 Å². The zero-order valence-electron chi connectivity index (χ0n) is 33.7. The van der Waals surface area contributed by atoms with Gasteiger partial charge >= 0.3 is 12.1 Å². The highest BCUT2D eigenvalue weighted by atomic mass is 16.9. The van der Waals surface area contributed by atoms with Gasteiger partial charge in [0.2, 0.25) is 0 Å². The van der Waals surface area contributed by atoms with Gasteiger partial charge in [-0.1, -0.05) is 75.4 Å². The molecule has 3 heterocycles. The van der Waals surface area contributed by atoms with E-state index in [1.54, 1.807) is 25.1 Å². The Balaban J connectivity index is 1.04. The summed E-state index contributed by atoms with van der Waals surface area (Å²) in [4.78, 5) is 42.5. The van der Waals surface area contributed by atoms with Crippen molar-refractivity contribution < 1.29 is 47.9 Å². The number of rotatable bonds is 11. The Morgan fingerprint density at radius 3 is 2.58 bits per heavy atom. The third-order valence-corrected chi connectivity index (χ3v) is 13.4. The van der Waals surface area contributed by atoms with Crippen LogP contribution in [0.1, 0.15) is 83.8 Å². The number of esters is 1. The maximum absolute atomic E-state index is 14.0. The number of methoxy groups -OCH3 is 1. The summed E-state index contributed by atoms with van der Waals surface area (Å²) in [6.45, 7) is 12.8. The van der Waals surface area contributed by atoms with Crippen molar-refractivity contribution in [2.24, 2.45) is 17.8 Å². The van der Waals surface area contributed by atoms with E-state index in [0.29, 0.717) is 41.8 Å². The standard InChI is InChI=1S/C46H55NO10/c1-7-13-34-16-11-12-19-47(34)42(50)54-36-18-17-32(22-37(36)52-6)23-39(48)53-27-33-21-35-41-44(28(2)3)24-30(5)46(35,38-20-29(4)40(49)43(38,51)25-33)57-45(55-41,56-44)26-31-14-9-8-10-15-31/h8-10,14-15,17-18,20-22,30,34-35,38,41,51H,2,7,11-13,16,19,23-27H2,1,3-6H3/t30-,34?,35+,38-,41-,43-,44-,45-,46-/m1/s1. The molecule has 9 atom stereocenters. The van der Waals surface area contributed by atoms with Crippen LogP contribution in [0, 0.1) is 17.8 Å². The molecule has 0 radical (unpaired) electrons. The molecular weight excluding hydrogens is 727 g/mol. The van der Waals surface area contributed by atoms with Crippen molar-refractivity contribution in [3.63, 3.8) is 0 Å². The lowest BCUT2D eigenvalue weighted by molar-refractivity contribution is -0.421. The smallest absolute Gasteiger partial charge is 0.415 e. The number of Topliss-reactive ketones (excluding diaryl/α,β-unsaturated/α-hetero) is 1. The molecule has 1 N–H and O–H groups in total. The molecule has 4 fully saturated rings. The molecule has 1 saturated carbocycles. The van der Waals surface area contributed by atoms with Gasteiger partial charge in [-0.25, -0.2) is 4.79 Å². The SMILES string of the molecule is C=C(C)[C@]12C[C@@H](C)[C@@]34O[C@](Cc5ccccc5)(O[C@@H]1[C@@H]3C=C(COC(=O)Cc1ccc(OC(=O)N3CCCCC3CCC)c(OC)c1)C[C@]1(O)C(=O)C(C)=C[C@@H]41)O2. The molecule has 57 heavy (non-hydrogen) atoms.